The Morgan fingerprint density at radius 2 is 2.05 bits per heavy atom. The molecule has 0 aliphatic carbocycles. The molecule has 1 amide bonds. The Hall–Kier alpha value is -2.14. The zero-order valence-corrected chi connectivity index (χ0v) is 11.2. The first-order chi connectivity index (χ1) is 9.50. The van der Waals surface area contributed by atoms with Crippen molar-refractivity contribution in [1.82, 2.24) is 4.98 Å². The van der Waals surface area contributed by atoms with Crippen LogP contribution in [-0.4, -0.2) is 11.1 Å². The molecular formula is C14H10ClFN2O2. The molecule has 0 bridgehead atoms. The van der Waals surface area contributed by atoms with Gasteiger partial charge in [0.05, 0.1) is 5.69 Å². The highest BCUT2D eigenvalue weighted by molar-refractivity contribution is 6.29. The topological polar surface area (TPSA) is 51.2 Å². The summed E-state index contributed by atoms with van der Waals surface area (Å²) in [6.45, 7) is 1.59. The number of fused-ring (bicyclic) bond motifs is 1. The molecule has 1 aromatic heterocycles. The van der Waals surface area contributed by atoms with E-state index in [0.29, 0.717) is 11.4 Å². The summed E-state index contributed by atoms with van der Waals surface area (Å²) in [6, 6.07) is 9.26. The van der Waals surface area contributed by atoms with Crippen molar-refractivity contribution in [3.63, 3.8) is 0 Å². The number of hydrogen-bond acceptors (Lipinski definition) is 3. The molecule has 2 aromatic rings. The van der Waals surface area contributed by atoms with Crippen molar-refractivity contribution in [2.75, 3.05) is 5.32 Å². The van der Waals surface area contributed by atoms with E-state index in [9.17, 15) is 9.18 Å². The average molecular weight is 293 g/mol. The summed E-state index contributed by atoms with van der Waals surface area (Å²) in [5.74, 6) is -0.475. The van der Waals surface area contributed by atoms with Gasteiger partial charge in [-0.25, -0.2) is 14.2 Å². The molecule has 102 valence electrons. The van der Waals surface area contributed by atoms with Gasteiger partial charge in [-0.15, -0.1) is 0 Å². The number of cyclic esters (lactones) is 1. The van der Waals surface area contributed by atoms with Crippen LogP contribution in [0.25, 0.3) is 0 Å². The van der Waals surface area contributed by atoms with Crippen LogP contribution in [0.15, 0.2) is 36.4 Å². The molecule has 6 heteroatoms. The average Bonchev–Trinajstić information content (AvgIpc) is 2.40. The molecule has 1 aliphatic heterocycles. The van der Waals surface area contributed by atoms with Gasteiger partial charge in [0.1, 0.15) is 16.7 Å². The van der Waals surface area contributed by atoms with E-state index in [2.05, 4.69) is 10.3 Å². The van der Waals surface area contributed by atoms with E-state index in [1.165, 1.54) is 6.07 Å². The number of carbonyl (C=O) groups is 1. The van der Waals surface area contributed by atoms with Crippen molar-refractivity contribution < 1.29 is 13.9 Å². The minimum absolute atomic E-state index is 0.228. The lowest BCUT2D eigenvalue weighted by molar-refractivity contribution is 0.0526. The van der Waals surface area contributed by atoms with Gasteiger partial charge in [0.15, 0.2) is 5.60 Å². The Morgan fingerprint density at radius 3 is 2.80 bits per heavy atom. The highest BCUT2D eigenvalue weighted by atomic mass is 35.5. The summed E-state index contributed by atoms with van der Waals surface area (Å²) < 4.78 is 19.4. The lowest BCUT2D eigenvalue weighted by Crippen LogP contribution is -2.39. The molecular weight excluding hydrogens is 283 g/mol. The first-order valence-electron chi connectivity index (χ1n) is 5.93. The minimum Gasteiger partial charge on any atom is -0.431 e. The van der Waals surface area contributed by atoms with E-state index >= 15 is 0 Å². The molecule has 0 radical (unpaired) electrons. The van der Waals surface area contributed by atoms with Crippen molar-refractivity contribution >= 4 is 23.4 Å². The Labute approximate surface area is 119 Å². The second kappa shape index (κ2) is 4.45. The van der Waals surface area contributed by atoms with Crippen LogP contribution in [0, 0.1) is 5.82 Å². The number of pyridine rings is 1. The van der Waals surface area contributed by atoms with E-state index in [1.54, 1.807) is 37.3 Å². The standard InChI is InChI=1S/C14H10ClFN2O2/c1-14(8-4-2-3-5-9(8)16)12-10(17-13(19)20-14)6-7-11(15)18-12/h2-7H,1H3,(H,17,19). The molecule has 1 aromatic carbocycles. The van der Waals surface area contributed by atoms with E-state index in [1.807, 2.05) is 0 Å². The molecule has 2 heterocycles. The molecule has 0 saturated carbocycles. The molecule has 4 nitrogen and oxygen atoms in total. The quantitative estimate of drug-likeness (QED) is 0.815. The van der Waals surface area contributed by atoms with E-state index in [0.717, 1.165) is 0 Å². The van der Waals surface area contributed by atoms with Crippen molar-refractivity contribution in [2.45, 2.75) is 12.5 Å². The van der Waals surface area contributed by atoms with Crippen molar-refractivity contribution in [2.24, 2.45) is 0 Å². The predicted molar refractivity (Wildman–Crippen MR) is 72.2 cm³/mol. The smallest absolute Gasteiger partial charge is 0.412 e. The van der Waals surface area contributed by atoms with Crippen molar-refractivity contribution in [3.8, 4) is 0 Å². The molecule has 0 spiro atoms. The lowest BCUT2D eigenvalue weighted by atomic mass is 9.89. The summed E-state index contributed by atoms with van der Waals surface area (Å²) in [4.78, 5) is 15.9. The molecule has 0 fully saturated rings. The maximum atomic E-state index is 14.1. The van der Waals surface area contributed by atoms with Crippen LogP contribution >= 0.6 is 11.6 Å². The number of aromatic nitrogens is 1. The maximum Gasteiger partial charge on any atom is 0.412 e. The maximum absolute atomic E-state index is 14.1. The zero-order valence-electron chi connectivity index (χ0n) is 10.5. The molecule has 1 unspecified atom stereocenters. The lowest BCUT2D eigenvalue weighted by Gasteiger charge is -2.35. The molecule has 1 aliphatic rings. The SMILES string of the molecule is CC1(c2ccccc2F)OC(=O)Nc2ccc(Cl)nc21. The van der Waals surface area contributed by atoms with Crippen LogP contribution < -0.4 is 5.32 Å². The van der Waals surface area contributed by atoms with Gasteiger partial charge < -0.3 is 4.74 Å². The number of carbonyl (C=O) groups excluding carboxylic acids is 1. The van der Waals surface area contributed by atoms with E-state index < -0.39 is 17.5 Å². The van der Waals surface area contributed by atoms with Gasteiger partial charge in [-0.3, -0.25) is 5.32 Å². The third-order valence-electron chi connectivity index (χ3n) is 3.23. The van der Waals surface area contributed by atoms with Gasteiger partial charge in [-0.1, -0.05) is 29.8 Å². The first-order valence-corrected chi connectivity index (χ1v) is 6.30. The fourth-order valence-electron chi connectivity index (χ4n) is 2.30. The number of nitrogens with zero attached hydrogens (tertiary/aromatic N) is 1. The Kier molecular flexibility index (Phi) is 2.87. The number of hydrogen-bond donors (Lipinski definition) is 1. The summed E-state index contributed by atoms with van der Waals surface area (Å²) >= 11 is 5.89. The second-order valence-corrected chi connectivity index (χ2v) is 4.95. The largest absolute Gasteiger partial charge is 0.431 e. The fourth-order valence-corrected chi connectivity index (χ4v) is 2.45. The number of nitrogens with one attached hydrogen (secondary N) is 1. The summed E-state index contributed by atoms with van der Waals surface area (Å²) in [7, 11) is 0. The molecule has 0 saturated heterocycles. The number of benzene rings is 1. The number of ether oxygens (including phenoxy) is 1. The van der Waals surface area contributed by atoms with Crippen LogP contribution in [-0.2, 0) is 10.3 Å². The monoisotopic (exact) mass is 292 g/mol. The van der Waals surface area contributed by atoms with E-state index in [4.69, 9.17) is 16.3 Å². The first kappa shape index (κ1) is 12.9. The van der Waals surface area contributed by atoms with Gasteiger partial charge in [-0.2, -0.15) is 0 Å². The van der Waals surface area contributed by atoms with Gasteiger partial charge in [0.2, 0.25) is 0 Å². The molecule has 3 rings (SSSR count). The number of amides is 1. The van der Waals surface area contributed by atoms with Crippen molar-refractivity contribution in [3.05, 3.63) is 58.6 Å². The summed E-state index contributed by atoms with van der Waals surface area (Å²) in [6.07, 6.45) is -0.660. The van der Waals surface area contributed by atoms with Crippen LogP contribution in [0.2, 0.25) is 5.15 Å². The second-order valence-electron chi connectivity index (χ2n) is 4.56. The Bertz CT molecular complexity index is 707. The van der Waals surface area contributed by atoms with Crippen molar-refractivity contribution in [1.29, 1.82) is 0 Å². The highest BCUT2D eigenvalue weighted by Gasteiger charge is 2.42. The van der Waals surface area contributed by atoms with Gasteiger partial charge in [0.25, 0.3) is 0 Å². The molecule has 1 atom stereocenters. The van der Waals surface area contributed by atoms with Crippen LogP contribution in [0.3, 0.4) is 0 Å². The van der Waals surface area contributed by atoms with Crippen LogP contribution in [0.1, 0.15) is 18.2 Å². The number of halogens is 2. The Morgan fingerprint density at radius 1 is 1.30 bits per heavy atom. The van der Waals surface area contributed by atoms with Crippen LogP contribution in [0.4, 0.5) is 14.9 Å². The molecule has 20 heavy (non-hydrogen) atoms. The van der Waals surface area contributed by atoms with Gasteiger partial charge in [0, 0.05) is 5.56 Å². The van der Waals surface area contributed by atoms with Gasteiger partial charge in [-0.05, 0) is 25.1 Å². The number of rotatable bonds is 1. The number of anilines is 1. The highest BCUT2D eigenvalue weighted by Crippen LogP contribution is 2.41. The third kappa shape index (κ3) is 1.91. The third-order valence-corrected chi connectivity index (χ3v) is 3.45. The van der Waals surface area contributed by atoms with Gasteiger partial charge >= 0.3 is 6.09 Å². The Balaban J connectivity index is 2.26. The normalized spacial score (nSPS) is 20.9. The fraction of sp³-hybridized carbons (Fsp3) is 0.143. The van der Waals surface area contributed by atoms with E-state index in [-0.39, 0.29) is 10.7 Å². The summed E-state index contributed by atoms with van der Waals surface area (Å²) in [5, 5.41) is 2.77. The van der Waals surface area contributed by atoms with Crippen LogP contribution in [0.5, 0.6) is 0 Å². The minimum atomic E-state index is -1.33. The predicted octanol–water partition coefficient (Wildman–Crippen LogP) is 3.70. The molecule has 1 N–H and O–H groups in total. The zero-order chi connectivity index (χ0) is 14.3. The summed E-state index contributed by atoms with van der Waals surface area (Å²) in [5.41, 5.74) is -0.273.